The maximum atomic E-state index is 12.2. The SMILES string of the molecule is NCCN(CCN1CCNC1=O)CC(F)F. The third-order valence-electron chi connectivity index (χ3n) is 2.47. The van der Waals surface area contributed by atoms with Crippen LogP contribution in [0, 0.1) is 0 Å². The number of halogens is 2. The van der Waals surface area contributed by atoms with Crippen molar-refractivity contribution in [2.45, 2.75) is 6.43 Å². The van der Waals surface area contributed by atoms with Gasteiger partial charge in [0, 0.05) is 39.3 Å². The largest absolute Gasteiger partial charge is 0.336 e. The van der Waals surface area contributed by atoms with Gasteiger partial charge < -0.3 is 16.0 Å². The van der Waals surface area contributed by atoms with Gasteiger partial charge in [0.2, 0.25) is 0 Å². The van der Waals surface area contributed by atoms with E-state index in [0.717, 1.165) is 0 Å². The Bertz CT molecular complexity index is 228. The second-order valence-corrected chi connectivity index (χ2v) is 3.70. The van der Waals surface area contributed by atoms with Crippen molar-refractivity contribution in [2.75, 3.05) is 45.8 Å². The number of carbonyl (C=O) groups excluding carboxylic acids is 1. The normalized spacial score (nSPS) is 16.3. The summed E-state index contributed by atoms with van der Waals surface area (Å²) in [7, 11) is 0. The molecule has 0 aliphatic carbocycles. The minimum absolute atomic E-state index is 0.121. The van der Waals surface area contributed by atoms with Crippen LogP contribution in [0.1, 0.15) is 0 Å². The molecule has 0 aromatic carbocycles. The van der Waals surface area contributed by atoms with Crippen molar-refractivity contribution in [3.63, 3.8) is 0 Å². The highest BCUT2D eigenvalue weighted by Crippen LogP contribution is 2.01. The molecule has 0 aromatic rings. The van der Waals surface area contributed by atoms with Crippen LogP contribution in [0.2, 0.25) is 0 Å². The highest BCUT2D eigenvalue weighted by molar-refractivity contribution is 5.76. The summed E-state index contributed by atoms with van der Waals surface area (Å²) in [6.45, 7) is 2.67. The van der Waals surface area contributed by atoms with Gasteiger partial charge in [-0.25, -0.2) is 13.6 Å². The Balaban J connectivity index is 2.28. The number of hydrogen-bond donors (Lipinski definition) is 2. The Kier molecular flexibility index (Phi) is 5.41. The maximum Gasteiger partial charge on any atom is 0.317 e. The molecule has 0 atom stereocenters. The van der Waals surface area contributed by atoms with Gasteiger partial charge in [-0.2, -0.15) is 0 Å². The summed E-state index contributed by atoms with van der Waals surface area (Å²) in [5, 5.41) is 2.66. The highest BCUT2D eigenvalue weighted by Gasteiger charge is 2.20. The lowest BCUT2D eigenvalue weighted by Gasteiger charge is -2.23. The zero-order chi connectivity index (χ0) is 12.0. The van der Waals surface area contributed by atoms with Gasteiger partial charge in [-0.1, -0.05) is 0 Å². The van der Waals surface area contributed by atoms with Gasteiger partial charge in [0.1, 0.15) is 0 Å². The summed E-state index contributed by atoms with van der Waals surface area (Å²) in [4.78, 5) is 14.4. The third-order valence-corrected chi connectivity index (χ3v) is 2.47. The Morgan fingerprint density at radius 3 is 2.75 bits per heavy atom. The molecule has 5 nitrogen and oxygen atoms in total. The van der Waals surface area contributed by atoms with Crippen LogP contribution in [-0.4, -0.2) is 68.1 Å². The van der Waals surface area contributed by atoms with E-state index in [2.05, 4.69) is 5.32 Å². The molecule has 1 heterocycles. The van der Waals surface area contributed by atoms with Gasteiger partial charge >= 0.3 is 6.03 Å². The molecule has 0 radical (unpaired) electrons. The van der Waals surface area contributed by atoms with Crippen LogP contribution in [0.4, 0.5) is 13.6 Å². The second kappa shape index (κ2) is 6.59. The van der Waals surface area contributed by atoms with Gasteiger partial charge in [0.25, 0.3) is 6.43 Å². The molecule has 0 unspecified atom stereocenters. The van der Waals surface area contributed by atoms with Crippen molar-refractivity contribution in [1.82, 2.24) is 15.1 Å². The topological polar surface area (TPSA) is 61.6 Å². The summed E-state index contributed by atoms with van der Waals surface area (Å²) < 4.78 is 24.4. The lowest BCUT2D eigenvalue weighted by molar-refractivity contribution is 0.0863. The Labute approximate surface area is 93.6 Å². The van der Waals surface area contributed by atoms with Crippen LogP contribution < -0.4 is 11.1 Å². The molecule has 1 saturated heterocycles. The molecule has 3 N–H and O–H groups in total. The van der Waals surface area contributed by atoms with Crippen LogP contribution in [0.15, 0.2) is 0 Å². The van der Waals surface area contributed by atoms with Crippen molar-refractivity contribution >= 4 is 6.03 Å². The van der Waals surface area contributed by atoms with Crippen molar-refractivity contribution < 1.29 is 13.6 Å². The average Bonchev–Trinajstić information content (AvgIpc) is 2.60. The predicted molar refractivity (Wildman–Crippen MR) is 56.5 cm³/mol. The van der Waals surface area contributed by atoms with E-state index in [1.165, 1.54) is 0 Å². The van der Waals surface area contributed by atoms with E-state index in [1.807, 2.05) is 0 Å². The van der Waals surface area contributed by atoms with Crippen molar-refractivity contribution in [1.29, 1.82) is 0 Å². The van der Waals surface area contributed by atoms with E-state index >= 15 is 0 Å². The first-order valence-corrected chi connectivity index (χ1v) is 5.37. The third kappa shape index (κ3) is 4.28. The Morgan fingerprint density at radius 2 is 2.25 bits per heavy atom. The highest BCUT2D eigenvalue weighted by atomic mass is 19.3. The molecule has 94 valence electrons. The Morgan fingerprint density at radius 1 is 1.50 bits per heavy atom. The number of nitrogens with zero attached hydrogens (tertiary/aromatic N) is 2. The summed E-state index contributed by atoms with van der Waals surface area (Å²) in [5.41, 5.74) is 5.34. The quantitative estimate of drug-likeness (QED) is 0.628. The average molecular weight is 236 g/mol. The summed E-state index contributed by atoms with van der Waals surface area (Å²) in [5.74, 6) is 0. The molecule has 16 heavy (non-hydrogen) atoms. The first-order chi connectivity index (χ1) is 7.63. The van der Waals surface area contributed by atoms with E-state index in [1.54, 1.807) is 9.80 Å². The minimum atomic E-state index is -2.36. The van der Waals surface area contributed by atoms with Crippen molar-refractivity contribution in [3.8, 4) is 0 Å². The van der Waals surface area contributed by atoms with E-state index in [4.69, 9.17) is 5.73 Å². The first kappa shape index (κ1) is 13.1. The molecule has 0 bridgehead atoms. The van der Waals surface area contributed by atoms with Crippen LogP contribution in [0.5, 0.6) is 0 Å². The lowest BCUT2D eigenvalue weighted by atomic mass is 10.4. The van der Waals surface area contributed by atoms with E-state index in [0.29, 0.717) is 39.3 Å². The molecular formula is C9H18F2N4O. The molecular weight excluding hydrogens is 218 g/mol. The molecule has 1 aliphatic heterocycles. The van der Waals surface area contributed by atoms with Crippen molar-refractivity contribution in [3.05, 3.63) is 0 Å². The van der Waals surface area contributed by atoms with Crippen LogP contribution in [0.3, 0.4) is 0 Å². The molecule has 0 aromatic heterocycles. The number of amides is 2. The number of hydrogen-bond acceptors (Lipinski definition) is 3. The molecule has 2 amide bonds. The zero-order valence-corrected chi connectivity index (χ0v) is 9.16. The van der Waals surface area contributed by atoms with Gasteiger partial charge in [0.05, 0.1) is 6.54 Å². The lowest BCUT2D eigenvalue weighted by Crippen LogP contribution is -2.40. The smallest absolute Gasteiger partial charge is 0.317 e. The van der Waals surface area contributed by atoms with Crippen LogP contribution in [-0.2, 0) is 0 Å². The first-order valence-electron chi connectivity index (χ1n) is 5.37. The number of urea groups is 1. The maximum absolute atomic E-state index is 12.2. The summed E-state index contributed by atoms with van der Waals surface area (Å²) in [6, 6.07) is -0.121. The Hall–Kier alpha value is -0.950. The van der Waals surface area contributed by atoms with Gasteiger partial charge in [-0.15, -0.1) is 0 Å². The number of nitrogens with one attached hydrogen (secondary N) is 1. The molecule has 1 aliphatic rings. The fourth-order valence-corrected chi connectivity index (χ4v) is 1.66. The molecule has 7 heteroatoms. The van der Waals surface area contributed by atoms with E-state index < -0.39 is 6.43 Å². The van der Waals surface area contributed by atoms with Crippen LogP contribution in [0.25, 0.3) is 0 Å². The number of alkyl halides is 2. The van der Waals surface area contributed by atoms with Crippen molar-refractivity contribution in [2.24, 2.45) is 5.73 Å². The zero-order valence-electron chi connectivity index (χ0n) is 9.16. The standard InChI is InChI=1S/C9H18F2N4O/c10-8(11)7-14(3-1-12)5-6-15-4-2-13-9(15)16/h8H,1-7,12H2,(H,13,16). The minimum Gasteiger partial charge on any atom is -0.336 e. The monoisotopic (exact) mass is 236 g/mol. The summed E-state index contributed by atoms with van der Waals surface area (Å²) >= 11 is 0. The molecule has 1 fully saturated rings. The predicted octanol–water partition coefficient (Wildman–Crippen LogP) is -0.463. The van der Waals surface area contributed by atoms with Gasteiger partial charge in [0.15, 0.2) is 0 Å². The second-order valence-electron chi connectivity index (χ2n) is 3.70. The number of carbonyl (C=O) groups is 1. The molecule has 0 saturated carbocycles. The fraction of sp³-hybridized carbons (Fsp3) is 0.889. The number of rotatable bonds is 7. The van der Waals surface area contributed by atoms with E-state index in [9.17, 15) is 13.6 Å². The molecule has 1 rings (SSSR count). The fourth-order valence-electron chi connectivity index (χ4n) is 1.66. The van der Waals surface area contributed by atoms with E-state index in [-0.39, 0.29) is 12.6 Å². The van der Waals surface area contributed by atoms with Crippen LogP contribution >= 0.6 is 0 Å². The summed E-state index contributed by atoms with van der Waals surface area (Å²) in [6.07, 6.45) is -2.36. The molecule has 0 spiro atoms. The number of nitrogens with two attached hydrogens (primary N) is 1. The van der Waals surface area contributed by atoms with Gasteiger partial charge in [-0.3, -0.25) is 4.90 Å². The van der Waals surface area contributed by atoms with Gasteiger partial charge in [-0.05, 0) is 0 Å².